The van der Waals surface area contributed by atoms with Crippen LogP contribution in [0.15, 0.2) is 72.8 Å². The van der Waals surface area contributed by atoms with Crippen molar-refractivity contribution in [3.8, 4) is 0 Å². The van der Waals surface area contributed by atoms with E-state index in [9.17, 15) is 0 Å². The van der Waals surface area contributed by atoms with Crippen LogP contribution in [0, 0.1) is 0 Å². The highest BCUT2D eigenvalue weighted by molar-refractivity contribution is 6.95. The largest absolute Gasteiger partial charge is 0.372 e. The van der Waals surface area contributed by atoms with E-state index in [4.69, 9.17) is 0 Å². The third-order valence-corrected chi connectivity index (χ3v) is 7.07. The minimum atomic E-state index is 0.210. The van der Waals surface area contributed by atoms with Gasteiger partial charge in [-0.05, 0) is 77.9 Å². The summed E-state index contributed by atoms with van der Waals surface area (Å²) in [4.78, 5) is 7.20. The first kappa shape index (κ1) is 25.7. The number of rotatable bonds is 12. The van der Waals surface area contributed by atoms with Crippen LogP contribution in [0.2, 0.25) is 0 Å². The Bertz CT molecular complexity index is 839. The lowest BCUT2D eigenvalue weighted by Crippen LogP contribution is -2.52. The predicted molar refractivity (Wildman–Crippen MR) is 155 cm³/mol. The molecule has 0 N–H and O–H groups in total. The molecule has 0 unspecified atom stereocenters. The van der Waals surface area contributed by atoms with E-state index in [-0.39, 0.29) is 6.71 Å². The van der Waals surface area contributed by atoms with Crippen molar-refractivity contribution < 1.29 is 0 Å². The Morgan fingerprint density at radius 3 is 0.765 bits per heavy atom. The van der Waals surface area contributed by atoms with Gasteiger partial charge in [0.05, 0.1) is 0 Å². The maximum atomic E-state index is 2.40. The molecule has 180 valence electrons. The summed E-state index contributed by atoms with van der Waals surface area (Å²) in [5.41, 5.74) is 7.88. The van der Waals surface area contributed by atoms with Gasteiger partial charge in [-0.2, -0.15) is 0 Å². The van der Waals surface area contributed by atoms with Gasteiger partial charge in [0.25, 0.3) is 0 Å². The molecule has 0 saturated carbocycles. The molecule has 3 aromatic carbocycles. The van der Waals surface area contributed by atoms with Gasteiger partial charge >= 0.3 is 0 Å². The highest BCUT2D eigenvalue weighted by Gasteiger charge is 2.22. The SMILES string of the molecule is CCN(CC)c1ccc(B(c2ccc(N(CC)CC)cc2)c2ccc(N(CC)CC)cc2)cc1. The van der Waals surface area contributed by atoms with Crippen molar-refractivity contribution in [2.75, 3.05) is 54.0 Å². The van der Waals surface area contributed by atoms with E-state index < -0.39 is 0 Å². The summed E-state index contributed by atoms with van der Waals surface area (Å²) < 4.78 is 0. The highest BCUT2D eigenvalue weighted by atomic mass is 15.1. The molecule has 0 aliphatic carbocycles. The van der Waals surface area contributed by atoms with Crippen molar-refractivity contribution >= 4 is 40.2 Å². The van der Waals surface area contributed by atoms with Gasteiger partial charge < -0.3 is 14.7 Å². The van der Waals surface area contributed by atoms with Crippen molar-refractivity contribution in [1.29, 1.82) is 0 Å². The van der Waals surface area contributed by atoms with Crippen molar-refractivity contribution in [3.05, 3.63) is 72.8 Å². The Hall–Kier alpha value is -2.88. The Kier molecular flexibility index (Phi) is 9.50. The molecule has 34 heavy (non-hydrogen) atoms. The summed E-state index contributed by atoms with van der Waals surface area (Å²) >= 11 is 0. The summed E-state index contributed by atoms with van der Waals surface area (Å²) in [5.74, 6) is 0. The monoisotopic (exact) mass is 455 g/mol. The normalized spacial score (nSPS) is 10.8. The van der Waals surface area contributed by atoms with Crippen LogP contribution in [0.3, 0.4) is 0 Å². The first-order valence-corrected chi connectivity index (χ1v) is 13.1. The van der Waals surface area contributed by atoms with Crippen LogP contribution in [0.1, 0.15) is 41.5 Å². The fourth-order valence-corrected chi connectivity index (χ4v) is 4.98. The summed E-state index contributed by atoms with van der Waals surface area (Å²) in [5, 5.41) is 0. The average molecular weight is 455 g/mol. The van der Waals surface area contributed by atoms with Crippen LogP contribution in [0.25, 0.3) is 0 Å². The molecule has 0 aliphatic rings. The van der Waals surface area contributed by atoms with Gasteiger partial charge in [-0.25, -0.2) is 0 Å². The van der Waals surface area contributed by atoms with Crippen LogP contribution < -0.4 is 31.1 Å². The quantitative estimate of drug-likeness (QED) is 0.365. The zero-order valence-electron chi connectivity index (χ0n) is 22.1. The minimum absolute atomic E-state index is 0.210. The second-order valence-corrected chi connectivity index (χ2v) is 8.72. The van der Waals surface area contributed by atoms with Gasteiger partial charge in [0.15, 0.2) is 0 Å². The molecule has 4 heteroatoms. The van der Waals surface area contributed by atoms with Gasteiger partial charge in [-0.1, -0.05) is 52.8 Å². The zero-order valence-corrected chi connectivity index (χ0v) is 22.1. The van der Waals surface area contributed by atoms with E-state index in [1.807, 2.05) is 0 Å². The average Bonchev–Trinajstić information content (AvgIpc) is 2.89. The molecule has 0 atom stereocenters. The number of hydrogen-bond donors (Lipinski definition) is 0. The Morgan fingerprint density at radius 1 is 0.382 bits per heavy atom. The third-order valence-electron chi connectivity index (χ3n) is 7.07. The summed E-state index contributed by atoms with van der Waals surface area (Å²) in [6.07, 6.45) is 0. The molecule has 0 amide bonds. The van der Waals surface area contributed by atoms with E-state index in [1.165, 1.54) is 33.5 Å². The van der Waals surface area contributed by atoms with Crippen LogP contribution in [0.5, 0.6) is 0 Å². The summed E-state index contributed by atoms with van der Waals surface area (Å²) in [6.45, 7) is 19.7. The molecule has 0 spiro atoms. The molecule has 3 nitrogen and oxygen atoms in total. The molecule has 3 aromatic rings. The Morgan fingerprint density at radius 2 is 0.588 bits per heavy atom. The first-order chi connectivity index (χ1) is 16.6. The molecule has 0 aliphatic heterocycles. The lowest BCUT2D eigenvalue weighted by Gasteiger charge is -2.24. The van der Waals surface area contributed by atoms with E-state index in [0.29, 0.717) is 0 Å². The maximum absolute atomic E-state index is 2.40. The third kappa shape index (κ3) is 5.78. The lowest BCUT2D eigenvalue weighted by atomic mass is 9.37. The van der Waals surface area contributed by atoms with E-state index in [1.54, 1.807) is 0 Å². The second-order valence-electron chi connectivity index (χ2n) is 8.72. The van der Waals surface area contributed by atoms with Crippen molar-refractivity contribution in [3.63, 3.8) is 0 Å². The molecule has 0 radical (unpaired) electrons. The smallest absolute Gasteiger partial charge is 0.241 e. The first-order valence-electron chi connectivity index (χ1n) is 13.1. The minimum Gasteiger partial charge on any atom is -0.372 e. The summed E-state index contributed by atoms with van der Waals surface area (Å²) in [7, 11) is 0. The Balaban J connectivity index is 2.01. The van der Waals surface area contributed by atoms with E-state index in [0.717, 1.165) is 39.3 Å². The number of anilines is 3. The second kappa shape index (κ2) is 12.5. The standard InChI is InChI=1S/C30H42BN3/c1-7-32(8-2)28-19-13-25(14-20-28)31(26-15-21-29(22-16-26)33(9-3)10-4)27-17-23-30(24-18-27)34(11-5)12-6/h13-24H,7-12H2,1-6H3. The molecule has 0 fully saturated rings. The van der Waals surface area contributed by atoms with Gasteiger partial charge in [-0.15, -0.1) is 0 Å². The fourth-order valence-electron chi connectivity index (χ4n) is 4.98. The molecule has 3 rings (SSSR count). The zero-order chi connectivity index (χ0) is 24.5. The van der Waals surface area contributed by atoms with Gasteiger partial charge in [0, 0.05) is 56.3 Å². The fraction of sp³-hybridized carbons (Fsp3) is 0.400. The van der Waals surface area contributed by atoms with Crippen LogP contribution in [-0.4, -0.2) is 46.0 Å². The predicted octanol–water partition coefficient (Wildman–Crippen LogP) is 4.74. The molecular formula is C30H42BN3. The van der Waals surface area contributed by atoms with E-state index >= 15 is 0 Å². The van der Waals surface area contributed by atoms with Crippen molar-refractivity contribution in [2.45, 2.75) is 41.5 Å². The van der Waals surface area contributed by atoms with Crippen molar-refractivity contribution in [1.82, 2.24) is 0 Å². The van der Waals surface area contributed by atoms with E-state index in [2.05, 4.69) is 129 Å². The van der Waals surface area contributed by atoms with Crippen LogP contribution in [0.4, 0.5) is 17.1 Å². The number of nitrogens with zero attached hydrogens (tertiary/aromatic N) is 3. The number of hydrogen-bond acceptors (Lipinski definition) is 3. The highest BCUT2D eigenvalue weighted by Crippen LogP contribution is 2.15. The Labute approximate surface area is 208 Å². The van der Waals surface area contributed by atoms with Gasteiger partial charge in [0.2, 0.25) is 6.71 Å². The van der Waals surface area contributed by atoms with Crippen molar-refractivity contribution in [2.24, 2.45) is 0 Å². The topological polar surface area (TPSA) is 9.72 Å². The lowest BCUT2D eigenvalue weighted by molar-refractivity contribution is 0.866. The molecular weight excluding hydrogens is 413 g/mol. The molecule has 0 saturated heterocycles. The van der Waals surface area contributed by atoms with Crippen LogP contribution in [-0.2, 0) is 0 Å². The van der Waals surface area contributed by atoms with Crippen LogP contribution >= 0.6 is 0 Å². The van der Waals surface area contributed by atoms with Gasteiger partial charge in [0.1, 0.15) is 0 Å². The maximum Gasteiger partial charge on any atom is 0.241 e. The molecule has 0 heterocycles. The molecule has 0 bridgehead atoms. The van der Waals surface area contributed by atoms with Gasteiger partial charge in [-0.3, -0.25) is 0 Å². The number of benzene rings is 3. The summed E-state index contributed by atoms with van der Waals surface area (Å²) in [6, 6.07) is 27.6. The molecule has 0 aromatic heterocycles.